The van der Waals surface area contributed by atoms with Gasteiger partial charge >= 0.3 is 0 Å². The van der Waals surface area contributed by atoms with Gasteiger partial charge in [0.2, 0.25) is 0 Å². The summed E-state index contributed by atoms with van der Waals surface area (Å²) >= 11 is 0. The Hall–Kier alpha value is -0.730. The predicted molar refractivity (Wildman–Crippen MR) is 80.9 cm³/mol. The molecule has 2 nitrogen and oxygen atoms in total. The van der Waals surface area contributed by atoms with Crippen LogP contribution in [0.2, 0.25) is 0 Å². The Labute approximate surface area is 117 Å². The van der Waals surface area contributed by atoms with Crippen LogP contribution in [0.3, 0.4) is 0 Å². The number of hydrogen-bond acceptors (Lipinski definition) is 2. The van der Waals surface area contributed by atoms with Gasteiger partial charge in [0.05, 0.1) is 0 Å². The minimum absolute atomic E-state index is 0. The van der Waals surface area contributed by atoms with Crippen molar-refractivity contribution in [2.45, 2.75) is 33.2 Å². The normalized spacial score (nSPS) is 20.1. The van der Waals surface area contributed by atoms with E-state index in [1.165, 1.54) is 31.5 Å². The number of anilines is 1. The first kappa shape index (κ1) is 15.3. The summed E-state index contributed by atoms with van der Waals surface area (Å²) in [6.45, 7) is 8.19. The van der Waals surface area contributed by atoms with Gasteiger partial charge in [-0.25, -0.2) is 0 Å². The van der Waals surface area contributed by atoms with Crippen LogP contribution >= 0.6 is 12.4 Å². The molecule has 1 fully saturated rings. The second-order valence-electron chi connectivity index (χ2n) is 5.76. The lowest BCUT2D eigenvalue weighted by molar-refractivity contribution is 0.305. The SMILES string of the molecule is CC(C)CC1CCN(Cc2cccc(N)c2)C1.Cl. The van der Waals surface area contributed by atoms with Crippen molar-refractivity contribution in [1.29, 1.82) is 0 Å². The molecule has 1 aliphatic rings. The van der Waals surface area contributed by atoms with E-state index in [9.17, 15) is 0 Å². The first-order valence-corrected chi connectivity index (χ1v) is 6.70. The van der Waals surface area contributed by atoms with Gasteiger partial charge in [0.1, 0.15) is 0 Å². The van der Waals surface area contributed by atoms with Crippen LogP contribution in [-0.4, -0.2) is 18.0 Å². The van der Waals surface area contributed by atoms with Gasteiger partial charge in [-0.15, -0.1) is 12.4 Å². The first-order chi connectivity index (χ1) is 8.13. The minimum Gasteiger partial charge on any atom is -0.399 e. The summed E-state index contributed by atoms with van der Waals surface area (Å²) in [5.74, 6) is 1.73. The van der Waals surface area contributed by atoms with Gasteiger partial charge in [-0.05, 0) is 48.9 Å². The molecular formula is C15H25ClN2. The van der Waals surface area contributed by atoms with Crippen molar-refractivity contribution in [2.75, 3.05) is 18.8 Å². The van der Waals surface area contributed by atoms with Gasteiger partial charge in [0.15, 0.2) is 0 Å². The van der Waals surface area contributed by atoms with Crippen molar-refractivity contribution in [3.63, 3.8) is 0 Å². The monoisotopic (exact) mass is 268 g/mol. The lowest BCUT2D eigenvalue weighted by Crippen LogP contribution is -2.20. The number of rotatable bonds is 4. The fourth-order valence-electron chi connectivity index (χ4n) is 2.87. The first-order valence-electron chi connectivity index (χ1n) is 6.70. The van der Waals surface area contributed by atoms with Gasteiger partial charge in [-0.1, -0.05) is 26.0 Å². The van der Waals surface area contributed by atoms with E-state index >= 15 is 0 Å². The largest absolute Gasteiger partial charge is 0.399 e. The van der Waals surface area contributed by atoms with Crippen LogP contribution in [0.1, 0.15) is 32.3 Å². The molecule has 2 N–H and O–H groups in total. The second kappa shape index (κ2) is 7.01. The number of hydrogen-bond donors (Lipinski definition) is 1. The maximum Gasteiger partial charge on any atom is 0.0317 e. The van der Waals surface area contributed by atoms with E-state index in [2.05, 4.69) is 30.9 Å². The highest BCUT2D eigenvalue weighted by atomic mass is 35.5. The molecule has 1 atom stereocenters. The van der Waals surface area contributed by atoms with Crippen molar-refractivity contribution in [2.24, 2.45) is 11.8 Å². The Morgan fingerprint density at radius 3 is 2.83 bits per heavy atom. The van der Waals surface area contributed by atoms with Crippen molar-refractivity contribution < 1.29 is 0 Å². The Morgan fingerprint density at radius 1 is 1.39 bits per heavy atom. The van der Waals surface area contributed by atoms with Gasteiger partial charge < -0.3 is 5.73 Å². The quantitative estimate of drug-likeness (QED) is 0.846. The molecule has 1 aromatic carbocycles. The average Bonchev–Trinajstić information content (AvgIpc) is 2.64. The number of nitrogens with zero attached hydrogens (tertiary/aromatic N) is 1. The minimum atomic E-state index is 0. The Morgan fingerprint density at radius 2 is 2.17 bits per heavy atom. The molecule has 1 saturated heterocycles. The number of nitrogen functional groups attached to an aromatic ring is 1. The van der Waals surface area contributed by atoms with E-state index in [0.29, 0.717) is 0 Å². The lowest BCUT2D eigenvalue weighted by Gasteiger charge is -2.17. The summed E-state index contributed by atoms with van der Waals surface area (Å²) < 4.78 is 0. The van der Waals surface area contributed by atoms with E-state index in [4.69, 9.17) is 5.73 Å². The number of likely N-dealkylation sites (tertiary alicyclic amines) is 1. The molecule has 1 aliphatic heterocycles. The molecule has 0 saturated carbocycles. The summed E-state index contributed by atoms with van der Waals surface area (Å²) in [5.41, 5.74) is 8.03. The predicted octanol–water partition coefficient (Wildman–Crippen LogP) is 3.56. The maximum atomic E-state index is 5.81. The zero-order valence-electron chi connectivity index (χ0n) is 11.4. The Kier molecular flexibility index (Phi) is 5.97. The molecule has 0 amide bonds. The zero-order chi connectivity index (χ0) is 12.3. The summed E-state index contributed by atoms with van der Waals surface area (Å²) in [6.07, 6.45) is 2.73. The van der Waals surface area contributed by atoms with E-state index in [0.717, 1.165) is 24.1 Å². The van der Waals surface area contributed by atoms with Crippen LogP contribution in [0.25, 0.3) is 0 Å². The molecule has 2 rings (SSSR count). The van der Waals surface area contributed by atoms with Crippen LogP contribution in [0.5, 0.6) is 0 Å². The molecule has 1 unspecified atom stereocenters. The standard InChI is InChI=1S/C15H24N2.ClH/c1-12(2)8-14-6-7-17(11-14)10-13-4-3-5-15(16)9-13;/h3-5,9,12,14H,6-8,10-11,16H2,1-2H3;1H. The average molecular weight is 269 g/mol. The zero-order valence-corrected chi connectivity index (χ0v) is 12.2. The summed E-state index contributed by atoms with van der Waals surface area (Å²) in [4.78, 5) is 2.56. The molecule has 3 heteroatoms. The summed E-state index contributed by atoms with van der Waals surface area (Å²) in [6, 6.07) is 8.27. The van der Waals surface area contributed by atoms with Crippen LogP contribution in [0.4, 0.5) is 5.69 Å². The molecule has 1 heterocycles. The lowest BCUT2D eigenvalue weighted by atomic mass is 9.97. The van der Waals surface area contributed by atoms with E-state index in [1.807, 2.05) is 12.1 Å². The van der Waals surface area contributed by atoms with Crippen LogP contribution in [0, 0.1) is 11.8 Å². The van der Waals surface area contributed by atoms with E-state index < -0.39 is 0 Å². The molecule has 0 aliphatic carbocycles. The Balaban J connectivity index is 0.00000162. The number of halogens is 1. The number of nitrogens with two attached hydrogens (primary N) is 1. The highest BCUT2D eigenvalue weighted by molar-refractivity contribution is 5.85. The molecule has 0 bridgehead atoms. The molecule has 18 heavy (non-hydrogen) atoms. The number of benzene rings is 1. The summed E-state index contributed by atoms with van der Waals surface area (Å²) in [5, 5.41) is 0. The second-order valence-corrected chi connectivity index (χ2v) is 5.76. The van der Waals surface area contributed by atoms with E-state index in [-0.39, 0.29) is 12.4 Å². The van der Waals surface area contributed by atoms with Crippen LogP contribution in [0.15, 0.2) is 24.3 Å². The van der Waals surface area contributed by atoms with Gasteiger partial charge in [0.25, 0.3) is 0 Å². The van der Waals surface area contributed by atoms with Crippen molar-refractivity contribution in [1.82, 2.24) is 4.90 Å². The van der Waals surface area contributed by atoms with Crippen molar-refractivity contribution in [3.05, 3.63) is 29.8 Å². The molecule has 102 valence electrons. The van der Waals surface area contributed by atoms with Gasteiger partial charge in [-0.3, -0.25) is 4.90 Å². The maximum absolute atomic E-state index is 5.81. The van der Waals surface area contributed by atoms with Gasteiger partial charge in [-0.2, -0.15) is 0 Å². The molecular weight excluding hydrogens is 244 g/mol. The van der Waals surface area contributed by atoms with Crippen molar-refractivity contribution in [3.8, 4) is 0 Å². The third-order valence-electron chi connectivity index (χ3n) is 3.53. The fourth-order valence-corrected chi connectivity index (χ4v) is 2.87. The molecule has 0 spiro atoms. The van der Waals surface area contributed by atoms with Crippen LogP contribution in [-0.2, 0) is 6.54 Å². The van der Waals surface area contributed by atoms with Gasteiger partial charge in [0, 0.05) is 18.8 Å². The topological polar surface area (TPSA) is 29.3 Å². The highest BCUT2D eigenvalue weighted by Gasteiger charge is 2.22. The fraction of sp³-hybridized carbons (Fsp3) is 0.600. The summed E-state index contributed by atoms with van der Waals surface area (Å²) in [7, 11) is 0. The molecule has 0 radical (unpaired) electrons. The third-order valence-corrected chi connectivity index (χ3v) is 3.53. The van der Waals surface area contributed by atoms with Crippen molar-refractivity contribution >= 4 is 18.1 Å². The van der Waals surface area contributed by atoms with E-state index in [1.54, 1.807) is 0 Å². The molecule has 1 aromatic rings. The molecule has 0 aromatic heterocycles. The highest BCUT2D eigenvalue weighted by Crippen LogP contribution is 2.24. The third kappa shape index (κ3) is 4.51. The van der Waals surface area contributed by atoms with Crippen LogP contribution < -0.4 is 5.73 Å². The smallest absolute Gasteiger partial charge is 0.0317 e. The Bertz CT molecular complexity index is 365.